The Balaban J connectivity index is 1.79. The maximum absolute atomic E-state index is 13.8. The van der Waals surface area contributed by atoms with Crippen LogP contribution in [0, 0.1) is 0 Å². The highest BCUT2D eigenvalue weighted by Gasteiger charge is 2.37. The number of sulfonamides is 1. The van der Waals surface area contributed by atoms with E-state index in [1.54, 1.807) is 32.0 Å². The first-order valence-electron chi connectivity index (χ1n) is 12.2. The van der Waals surface area contributed by atoms with Crippen molar-refractivity contribution in [3.05, 3.63) is 47.3 Å². The standard InChI is InChI=1S/C24H31ClN6O7S/c1-14(2)38-21(22-26-11-16(25)12-27-22)15(3)39(32,33)30-24-29-28-23(19-13-36-9-10-37-19)31(24)20-17(34-4)7-6-8-18(20)35-5/h6-8,11-12,14-15,19,21H,9-10,13H2,1-5H3,(H,29,30)/t15?,19-,21?/m1/s1. The molecule has 0 aliphatic carbocycles. The minimum absolute atomic E-state index is 0.103. The van der Waals surface area contributed by atoms with Gasteiger partial charge in [-0.3, -0.25) is 9.29 Å². The van der Waals surface area contributed by atoms with Gasteiger partial charge in [0, 0.05) is 12.4 Å². The van der Waals surface area contributed by atoms with Gasteiger partial charge in [0.15, 0.2) is 11.6 Å². The highest BCUT2D eigenvalue weighted by atomic mass is 35.5. The number of hydrogen-bond donors (Lipinski definition) is 1. The van der Waals surface area contributed by atoms with Gasteiger partial charge in [0.2, 0.25) is 16.0 Å². The molecule has 1 aliphatic rings. The van der Waals surface area contributed by atoms with Crippen molar-refractivity contribution < 1.29 is 32.1 Å². The molecule has 1 fully saturated rings. The summed E-state index contributed by atoms with van der Waals surface area (Å²) >= 11 is 5.94. The summed E-state index contributed by atoms with van der Waals surface area (Å²) in [6.45, 7) is 6.06. The molecule has 2 unspecified atom stereocenters. The monoisotopic (exact) mass is 582 g/mol. The van der Waals surface area contributed by atoms with E-state index in [4.69, 9.17) is 35.3 Å². The Hall–Kier alpha value is -3.04. The Labute approximate surface area is 231 Å². The van der Waals surface area contributed by atoms with Gasteiger partial charge in [0.25, 0.3) is 0 Å². The number of benzene rings is 1. The molecule has 1 aromatic carbocycles. The summed E-state index contributed by atoms with van der Waals surface area (Å²) in [7, 11) is -1.18. The summed E-state index contributed by atoms with van der Waals surface area (Å²) in [5.41, 5.74) is 0.387. The van der Waals surface area contributed by atoms with E-state index in [1.807, 2.05) is 0 Å². The van der Waals surface area contributed by atoms with Crippen LogP contribution >= 0.6 is 11.6 Å². The van der Waals surface area contributed by atoms with Gasteiger partial charge in [-0.2, -0.15) is 0 Å². The van der Waals surface area contributed by atoms with Crippen LogP contribution in [0.2, 0.25) is 5.02 Å². The number of halogens is 1. The van der Waals surface area contributed by atoms with Crippen molar-refractivity contribution in [1.82, 2.24) is 24.7 Å². The maximum Gasteiger partial charge on any atom is 0.243 e. The smallest absolute Gasteiger partial charge is 0.243 e. The van der Waals surface area contributed by atoms with Crippen molar-refractivity contribution in [3.8, 4) is 17.2 Å². The number of ether oxygens (including phenoxy) is 5. The van der Waals surface area contributed by atoms with Crippen molar-refractivity contribution in [2.75, 3.05) is 38.8 Å². The first-order valence-corrected chi connectivity index (χ1v) is 14.1. The molecule has 3 heterocycles. The van der Waals surface area contributed by atoms with Crippen LogP contribution in [-0.4, -0.2) is 78.5 Å². The van der Waals surface area contributed by atoms with E-state index in [0.717, 1.165) is 0 Å². The fourth-order valence-corrected chi connectivity index (χ4v) is 5.19. The molecular weight excluding hydrogens is 552 g/mol. The van der Waals surface area contributed by atoms with Crippen molar-refractivity contribution in [2.24, 2.45) is 0 Å². The highest BCUT2D eigenvalue weighted by molar-refractivity contribution is 7.93. The third-order valence-electron chi connectivity index (χ3n) is 5.88. The average Bonchev–Trinajstić information content (AvgIpc) is 3.33. The zero-order valence-corrected chi connectivity index (χ0v) is 23.8. The van der Waals surface area contributed by atoms with Gasteiger partial charge < -0.3 is 23.7 Å². The lowest BCUT2D eigenvalue weighted by Gasteiger charge is -2.26. The lowest BCUT2D eigenvalue weighted by Crippen LogP contribution is -2.35. The van der Waals surface area contributed by atoms with Gasteiger partial charge in [-0.1, -0.05) is 17.7 Å². The molecule has 1 N–H and O–H groups in total. The molecule has 1 aliphatic heterocycles. The van der Waals surface area contributed by atoms with E-state index >= 15 is 0 Å². The number of hydrogen-bond acceptors (Lipinski definition) is 11. The molecule has 212 valence electrons. The van der Waals surface area contributed by atoms with Crippen LogP contribution < -0.4 is 14.2 Å². The molecule has 0 amide bonds. The predicted octanol–water partition coefficient (Wildman–Crippen LogP) is 3.11. The number of anilines is 1. The van der Waals surface area contributed by atoms with Gasteiger partial charge in [-0.05, 0) is 32.9 Å². The van der Waals surface area contributed by atoms with Crippen LogP contribution in [0.4, 0.5) is 5.95 Å². The third-order valence-corrected chi connectivity index (χ3v) is 7.77. The highest BCUT2D eigenvalue weighted by Crippen LogP contribution is 2.38. The van der Waals surface area contributed by atoms with E-state index in [9.17, 15) is 8.42 Å². The second-order valence-corrected chi connectivity index (χ2v) is 11.4. The molecule has 0 saturated carbocycles. The van der Waals surface area contributed by atoms with Crippen LogP contribution in [0.5, 0.6) is 11.5 Å². The van der Waals surface area contributed by atoms with E-state index in [0.29, 0.717) is 41.2 Å². The molecule has 0 spiro atoms. The molecule has 39 heavy (non-hydrogen) atoms. The molecule has 4 rings (SSSR count). The second-order valence-electron chi connectivity index (χ2n) is 8.88. The molecule has 1 saturated heterocycles. The number of rotatable bonds is 11. The zero-order valence-electron chi connectivity index (χ0n) is 22.2. The number of nitrogens with one attached hydrogen (secondary N) is 1. The molecule has 3 atom stereocenters. The third kappa shape index (κ3) is 6.41. The van der Waals surface area contributed by atoms with Crippen LogP contribution in [0.3, 0.4) is 0 Å². The quantitative estimate of drug-likeness (QED) is 0.355. The van der Waals surface area contributed by atoms with Crippen molar-refractivity contribution in [2.45, 2.75) is 44.3 Å². The van der Waals surface area contributed by atoms with E-state index in [1.165, 1.54) is 38.1 Å². The largest absolute Gasteiger partial charge is 0.494 e. The lowest BCUT2D eigenvalue weighted by molar-refractivity contribution is -0.0941. The van der Waals surface area contributed by atoms with Gasteiger partial charge in [-0.25, -0.2) is 18.4 Å². The summed E-state index contributed by atoms with van der Waals surface area (Å²) in [5, 5.41) is 7.61. The van der Waals surface area contributed by atoms with Crippen LogP contribution in [0.15, 0.2) is 30.6 Å². The molecule has 2 aromatic heterocycles. The SMILES string of the molecule is COc1cccc(OC)c1-n1c(NS(=O)(=O)C(C)C(OC(C)C)c2ncc(Cl)cn2)nnc1[C@H]1COCCO1. The van der Waals surface area contributed by atoms with Gasteiger partial charge in [0.1, 0.15) is 34.6 Å². The normalized spacial score (nSPS) is 17.6. The van der Waals surface area contributed by atoms with E-state index in [2.05, 4.69) is 24.9 Å². The molecular formula is C24H31ClN6O7S. The van der Waals surface area contributed by atoms with E-state index < -0.39 is 27.5 Å². The Morgan fingerprint density at radius 2 is 1.74 bits per heavy atom. The Morgan fingerprint density at radius 3 is 2.31 bits per heavy atom. The maximum atomic E-state index is 13.8. The summed E-state index contributed by atoms with van der Waals surface area (Å²) in [6, 6.07) is 5.17. The summed E-state index contributed by atoms with van der Waals surface area (Å²) in [5.74, 6) is 1.17. The summed E-state index contributed by atoms with van der Waals surface area (Å²) < 4.78 is 60.1. The number of para-hydroxylation sites is 1. The topological polar surface area (TPSA) is 149 Å². The number of methoxy groups -OCH3 is 2. The molecule has 0 radical (unpaired) electrons. The summed E-state index contributed by atoms with van der Waals surface area (Å²) in [6.07, 6.45) is 0.832. The minimum atomic E-state index is -4.17. The zero-order chi connectivity index (χ0) is 28.2. The van der Waals surface area contributed by atoms with Crippen molar-refractivity contribution >= 4 is 27.6 Å². The Kier molecular flexibility index (Phi) is 9.23. The van der Waals surface area contributed by atoms with Gasteiger partial charge in [0.05, 0.1) is 45.2 Å². The predicted molar refractivity (Wildman–Crippen MR) is 142 cm³/mol. The van der Waals surface area contributed by atoms with Crippen LogP contribution in [0.25, 0.3) is 5.69 Å². The molecule has 0 bridgehead atoms. The van der Waals surface area contributed by atoms with Gasteiger partial charge in [-0.15, -0.1) is 10.2 Å². The molecule has 15 heteroatoms. The van der Waals surface area contributed by atoms with E-state index in [-0.39, 0.29) is 24.5 Å². The lowest BCUT2D eigenvalue weighted by atomic mass is 10.2. The first-order chi connectivity index (χ1) is 18.7. The Bertz CT molecular complexity index is 1340. The second kappa shape index (κ2) is 12.4. The number of aromatic nitrogens is 5. The first kappa shape index (κ1) is 29.0. The minimum Gasteiger partial charge on any atom is -0.494 e. The fraction of sp³-hybridized carbons (Fsp3) is 0.500. The fourth-order valence-electron chi connectivity index (χ4n) is 4.01. The number of nitrogens with zero attached hydrogens (tertiary/aromatic N) is 5. The Morgan fingerprint density at radius 1 is 1.08 bits per heavy atom. The molecule has 13 nitrogen and oxygen atoms in total. The van der Waals surface area contributed by atoms with Crippen molar-refractivity contribution in [3.63, 3.8) is 0 Å². The van der Waals surface area contributed by atoms with Crippen molar-refractivity contribution in [1.29, 1.82) is 0 Å². The van der Waals surface area contributed by atoms with Gasteiger partial charge >= 0.3 is 0 Å². The molecule has 3 aromatic rings. The van der Waals surface area contributed by atoms with Crippen LogP contribution in [0.1, 0.15) is 44.6 Å². The summed E-state index contributed by atoms with van der Waals surface area (Å²) in [4.78, 5) is 8.38. The van der Waals surface area contributed by atoms with Crippen LogP contribution in [-0.2, 0) is 24.2 Å². The average molecular weight is 583 g/mol.